The van der Waals surface area contributed by atoms with Crippen molar-refractivity contribution in [1.82, 2.24) is 0 Å². The smallest absolute Gasteiger partial charge is 0.295 e. The third kappa shape index (κ3) is 4.86. The van der Waals surface area contributed by atoms with E-state index in [4.69, 9.17) is 4.74 Å². The summed E-state index contributed by atoms with van der Waals surface area (Å²) in [5, 5.41) is 1.31. The fraction of sp³-hybridized carbons (Fsp3) is 0.238. The molecule has 3 aromatic carbocycles. The number of hydrogen-bond acceptors (Lipinski definition) is 4. The molecule has 0 radical (unpaired) electrons. The predicted molar refractivity (Wildman–Crippen MR) is 108 cm³/mol. The highest BCUT2D eigenvalue weighted by atomic mass is 32.2. The number of fused-ring (bicyclic) bond motifs is 1. The number of ether oxygens (including phenoxy) is 1. The first kappa shape index (κ1) is 19.4. The maximum Gasteiger partial charge on any atom is 0.295 e. The molecule has 6 heteroatoms. The molecular formula is C21H23NO4S. The van der Waals surface area contributed by atoms with Crippen LogP contribution in [0.3, 0.4) is 0 Å². The van der Waals surface area contributed by atoms with Crippen LogP contribution in [0.15, 0.2) is 71.6 Å². The first-order chi connectivity index (χ1) is 13.0. The molecule has 0 bridgehead atoms. The van der Waals surface area contributed by atoms with E-state index in [0.29, 0.717) is 18.6 Å². The molecule has 0 amide bonds. The molecule has 0 saturated carbocycles. The molecule has 5 nitrogen and oxygen atoms in total. The van der Waals surface area contributed by atoms with Crippen molar-refractivity contribution in [3.8, 4) is 0 Å². The van der Waals surface area contributed by atoms with Gasteiger partial charge in [-0.15, -0.1) is 0 Å². The summed E-state index contributed by atoms with van der Waals surface area (Å²) in [7, 11) is -2.30. The predicted octanol–water partition coefficient (Wildman–Crippen LogP) is 4.13. The van der Waals surface area contributed by atoms with E-state index in [9.17, 15) is 13.0 Å². The summed E-state index contributed by atoms with van der Waals surface area (Å²) in [4.78, 5) is 2.00. The summed E-state index contributed by atoms with van der Waals surface area (Å²) in [5.41, 5.74) is 2.07. The Bertz CT molecular complexity index is 1000. The lowest BCUT2D eigenvalue weighted by Gasteiger charge is -2.21. The van der Waals surface area contributed by atoms with Crippen LogP contribution in [0.1, 0.15) is 12.0 Å². The van der Waals surface area contributed by atoms with Crippen LogP contribution in [0, 0.1) is 0 Å². The van der Waals surface area contributed by atoms with Gasteiger partial charge in [0.15, 0.2) is 0 Å². The highest BCUT2D eigenvalue weighted by molar-refractivity contribution is 7.86. The molecule has 0 aliphatic carbocycles. The molecule has 0 heterocycles. The van der Waals surface area contributed by atoms with Gasteiger partial charge in [0.25, 0.3) is 10.1 Å². The minimum atomic E-state index is -4.26. The molecule has 0 aromatic heterocycles. The number of hydrogen-bond donors (Lipinski definition) is 1. The van der Waals surface area contributed by atoms with Gasteiger partial charge < -0.3 is 9.64 Å². The molecule has 27 heavy (non-hydrogen) atoms. The van der Waals surface area contributed by atoms with Crippen molar-refractivity contribution in [1.29, 1.82) is 0 Å². The van der Waals surface area contributed by atoms with E-state index in [-0.39, 0.29) is 4.90 Å². The molecule has 3 aromatic rings. The highest BCUT2D eigenvalue weighted by Gasteiger charge is 2.15. The second-order valence-corrected chi connectivity index (χ2v) is 7.81. The summed E-state index contributed by atoms with van der Waals surface area (Å²) in [6, 6.07) is 20.4. The lowest BCUT2D eigenvalue weighted by atomic mass is 10.1. The lowest BCUT2D eigenvalue weighted by Crippen LogP contribution is -2.20. The van der Waals surface area contributed by atoms with E-state index < -0.39 is 10.1 Å². The second-order valence-electron chi connectivity index (χ2n) is 6.42. The van der Waals surface area contributed by atoms with Gasteiger partial charge in [0, 0.05) is 36.7 Å². The van der Waals surface area contributed by atoms with Crippen molar-refractivity contribution in [3.63, 3.8) is 0 Å². The summed E-state index contributed by atoms with van der Waals surface area (Å²) < 4.78 is 38.4. The van der Waals surface area contributed by atoms with E-state index in [0.717, 1.165) is 29.6 Å². The third-order valence-electron chi connectivity index (χ3n) is 4.44. The zero-order chi connectivity index (χ0) is 19.3. The average molecular weight is 385 g/mol. The van der Waals surface area contributed by atoms with Crippen molar-refractivity contribution in [2.75, 3.05) is 25.1 Å². The van der Waals surface area contributed by atoms with Crippen LogP contribution in [0.2, 0.25) is 0 Å². The minimum Gasteiger partial charge on any atom is -0.377 e. The monoisotopic (exact) mass is 385 g/mol. The summed E-state index contributed by atoms with van der Waals surface area (Å²) >= 11 is 0. The van der Waals surface area contributed by atoms with Gasteiger partial charge in [-0.1, -0.05) is 54.6 Å². The zero-order valence-corrected chi connectivity index (χ0v) is 16.0. The number of benzene rings is 3. The van der Waals surface area contributed by atoms with E-state index in [1.807, 2.05) is 49.5 Å². The van der Waals surface area contributed by atoms with E-state index in [1.54, 1.807) is 18.2 Å². The Kier molecular flexibility index (Phi) is 6.11. The molecule has 0 saturated heterocycles. The molecule has 1 N–H and O–H groups in total. The fourth-order valence-electron chi connectivity index (χ4n) is 3.11. The summed E-state index contributed by atoms with van der Waals surface area (Å²) in [6.45, 7) is 2.00. The van der Waals surface area contributed by atoms with Crippen molar-refractivity contribution < 1.29 is 17.7 Å². The minimum absolute atomic E-state index is 0.0681. The van der Waals surface area contributed by atoms with Crippen LogP contribution in [-0.4, -0.2) is 33.2 Å². The molecule has 0 atom stereocenters. The summed E-state index contributed by atoms with van der Waals surface area (Å²) in [5.74, 6) is 0. The van der Waals surface area contributed by atoms with Crippen LogP contribution < -0.4 is 4.90 Å². The first-order valence-electron chi connectivity index (χ1n) is 8.79. The van der Waals surface area contributed by atoms with Gasteiger partial charge in [-0.3, -0.25) is 4.55 Å². The molecule has 0 spiro atoms. The van der Waals surface area contributed by atoms with E-state index in [1.165, 1.54) is 6.07 Å². The van der Waals surface area contributed by atoms with Crippen molar-refractivity contribution >= 4 is 26.6 Å². The van der Waals surface area contributed by atoms with Gasteiger partial charge in [0.1, 0.15) is 4.90 Å². The number of nitrogens with zero attached hydrogens (tertiary/aromatic N) is 1. The first-order valence-corrected chi connectivity index (χ1v) is 10.2. The van der Waals surface area contributed by atoms with Gasteiger partial charge in [0.05, 0.1) is 6.61 Å². The van der Waals surface area contributed by atoms with Crippen molar-refractivity contribution in [3.05, 3.63) is 72.3 Å². The Labute approximate surface area is 159 Å². The molecule has 0 aliphatic heterocycles. The molecule has 3 rings (SSSR count). The molecular weight excluding hydrogens is 362 g/mol. The van der Waals surface area contributed by atoms with Gasteiger partial charge in [-0.25, -0.2) is 0 Å². The lowest BCUT2D eigenvalue weighted by molar-refractivity contribution is 0.120. The Balaban J connectivity index is 1.65. The van der Waals surface area contributed by atoms with Crippen LogP contribution in [0.4, 0.5) is 5.69 Å². The fourth-order valence-corrected chi connectivity index (χ4v) is 3.82. The maximum absolute atomic E-state index is 11.6. The average Bonchev–Trinajstić information content (AvgIpc) is 2.66. The maximum atomic E-state index is 11.6. The standard InChI is InChI=1S/C21H23NO4S/c1-22(14-7-15-26-16-17-8-3-2-4-9-17)20-12-5-11-19-18(20)10-6-13-21(19)27(23,24)25/h2-6,8-13H,7,14-16H2,1H3,(H,23,24,25). The quantitative estimate of drug-likeness (QED) is 0.466. The van der Waals surface area contributed by atoms with Gasteiger partial charge in [-0.05, 0) is 24.1 Å². The Morgan fingerprint density at radius 1 is 0.926 bits per heavy atom. The molecule has 0 fully saturated rings. The van der Waals surface area contributed by atoms with Gasteiger partial charge in [-0.2, -0.15) is 8.42 Å². The van der Waals surface area contributed by atoms with Gasteiger partial charge in [0.2, 0.25) is 0 Å². The largest absolute Gasteiger partial charge is 0.377 e. The topological polar surface area (TPSA) is 66.8 Å². The summed E-state index contributed by atoms with van der Waals surface area (Å²) in [6.07, 6.45) is 0.845. The number of anilines is 1. The Morgan fingerprint density at radius 3 is 2.37 bits per heavy atom. The van der Waals surface area contributed by atoms with Crippen LogP contribution in [0.5, 0.6) is 0 Å². The van der Waals surface area contributed by atoms with Crippen LogP contribution in [-0.2, 0) is 21.5 Å². The van der Waals surface area contributed by atoms with E-state index in [2.05, 4.69) is 4.90 Å². The van der Waals surface area contributed by atoms with Gasteiger partial charge >= 0.3 is 0 Å². The molecule has 0 unspecified atom stereocenters. The van der Waals surface area contributed by atoms with Crippen LogP contribution in [0.25, 0.3) is 10.8 Å². The van der Waals surface area contributed by atoms with Crippen molar-refractivity contribution in [2.45, 2.75) is 17.9 Å². The molecule has 142 valence electrons. The Morgan fingerprint density at radius 2 is 1.63 bits per heavy atom. The molecule has 0 aliphatic rings. The van der Waals surface area contributed by atoms with Crippen molar-refractivity contribution in [2.24, 2.45) is 0 Å². The Hall–Kier alpha value is -2.41. The van der Waals surface area contributed by atoms with Crippen LogP contribution >= 0.6 is 0 Å². The zero-order valence-electron chi connectivity index (χ0n) is 15.2. The highest BCUT2D eigenvalue weighted by Crippen LogP contribution is 2.30. The SMILES string of the molecule is CN(CCCOCc1ccccc1)c1cccc2c(S(=O)(=O)O)cccc12. The third-order valence-corrected chi connectivity index (χ3v) is 5.35. The normalized spacial score (nSPS) is 11.6. The second kappa shape index (κ2) is 8.52. The van der Waals surface area contributed by atoms with E-state index >= 15 is 0 Å². The number of rotatable bonds is 8.